The van der Waals surface area contributed by atoms with E-state index in [0.717, 1.165) is 44.0 Å². The third-order valence-electron chi connectivity index (χ3n) is 16.4. The fraction of sp³-hybridized carbons (Fsp3) is 0.413. The fourth-order valence-corrected chi connectivity index (χ4v) is 12.8. The minimum Gasteiger partial charge on any atom is -0.391 e. The second kappa shape index (κ2) is 27.0. The standard InChI is InChI=1S/C63H74N9O13PS/c1-35-55(87-34-66-35)41-19-17-38(18-20-41)31-65-58(77)50-30-45(73)32-71(50)61(80)56(63(3,4)5)70-53(75)12-7-6-9-37-13-15-39(16-14-37)33-85-36(2)46(25-26-52(64)74)68-59(78)51-29-42-11-8-10-40-21-24-48(60(79)72(51)54(40)42)69-57(76)49-28-44-27-43(22-23-47(44)67-49)62(81)86(82,83)84/h8,10-11,13-20,22-23,27-28,34,36,45-46,48,50-51,56,67,73H,6-7,9,12,21,24-26,29-33H2,1-5H3,(H2,64,74)(H,65,77)(H,68,78)(H,69,76)(H,70,75)(H2,82,83,84)/t36-,45-,46+,48+,50+,51+,56-/m1/s1. The van der Waals surface area contributed by atoms with Crippen molar-refractivity contribution in [1.29, 1.82) is 0 Å². The Morgan fingerprint density at radius 1 is 0.885 bits per heavy atom. The van der Waals surface area contributed by atoms with Crippen molar-refractivity contribution in [1.82, 2.24) is 36.1 Å². The number of aliphatic hydroxyl groups is 1. The van der Waals surface area contributed by atoms with E-state index in [9.17, 15) is 57.8 Å². The number of carbonyl (C=O) groups excluding carboxylic acids is 8. The van der Waals surface area contributed by atoms with Crippen molar-refractivity contribution in [3.63, 3.8) is 0 Å². The summed E-state index contributed by atoms with van der Waals surface area (Å²) in [5.74, 6) is -3.32. The predicted molar refractivity (Wildman–Crippen MR) is 326 cm³/mol. The van der Waals surface area contributed by atoms with Crippen molar-refractivity contribution in [3.05, 3.63) is 141 Å². The maximum atomic E-state index is 14.6. The molecule has 10 N–H and O–H groups in total. The molecule has 0 spiro atoms. The first-order valence-corrected chi connectivity index (χ1v) is 31.6. The van der Waals surface area contributed by atoms with Gasteiger partial charge in [0.2, 0.25) is 35.4 Å². The molecule has 0 aliphatic carbocycles. The first-order chi connectivity index (χ1) is 41.3. The highest BCUT2D eigenvalue weighted by Crippen LogP contribution is 2.41. The zero-order valence-corrected chi connectivity index (χ0v) is 50.9. The topological polar surface area (TPSA) is 333 Å². The number of hydrogen-bond acceptors (Lipinski definition) is 13. The molecule has 24 heteroatoms. The van der Waals surface area contributed by atoms with Crippen LogP contribution in [0.1, 0.15) is 127 Å². The number of thiazole rings is 1. The van der Waals surface area contributed by atoms with Crippen molar-refractivity contribution in [2.75, 3.05) is 11.4 Å². The quantitative estimate of drug-likeness (QED) is 0.0256. The summed E-state index contributed by atoms with van der Waals surface area (Å²) < 4.78 is 17.9. The van der Waals surface area contributed by atoms with Gasteiger partial charge in [0.05, 0.1) is 46.6 Å². The molecule has 87 heavy (non-hydrogen) atoms. The monoisotopic (exact) mass is 1230 g/mol. The van der Waals surface area contributed by atoms with Crippen LogP contribution in [0, 0.1) is 12.3 Å². The maximum absolute atomic E-state index is 14.6. The smallest absolute Gasteiger partial charge is 0.391 e. The van der Waals surface area contributed by atoms with Crippen LogP contribution in [0.2, 0.25) is 0 Å². The molecule has 0 saturated carbocycles. The lowest BCUT2D eigenvalue weighted by Gasteiger charge is -2.35. The van der Waals surface area contributed by atoms with Gasteiger partial charge in [-0.25, -0.2) is 4.98 Å². The number of β-amino-alcohol motifs (C(OH)–C–C–N with tert-alkyl or cyclic N) is 1. The number of nitrogens with one attached hydrogen (secondary N) is 5. The Bertz CT molecular complexity index is 3630. The zero-order chi connectivity index (χ0) is 62.5. The molecule has 0 unspecified atom stereocenters. The second-order valence-corrected chi connectivity index (χ2v) is 26.2. The van der Waals surface area contributed by atoms with Crippen LogP contribution >= 0.6 is 18.9 Å². The summed E-state index contributed by atoms with van der Waals surface area (Å²) in [5.41, 5.74) is 12.5. The van der Waals surface area contributed by atoms with E-state index in [-0.39, 0.29) is 81.3 Å². The Morgan fingerprint density at radius 3 is 2.29 bits per heavy atom. The molecule has 1 saturated heterocycles. The van der Waals surface area contributed by atoms with Crippen LogP contribution in [0.25, 0.3) is 21.3 Å². The third-order valence-corrected chi connectivity index (χ3v) is 18.1. The number of benzene rings is 4. The number of anilines is 1. The van der Waals surface area contributed by atoms with Crippen LogP contribution in [0.4, 0.5) is 5.69 Å². The van der Waals surface area contributed by atoms with E-state index in [1.165, 1.54) is 34.1 Å². The number of aryl methyl sites for hydroxylation is 3. The van der Waals surface area contributed by atoms with Crippen molar-refractivity contribution in [2.45, 2.75) is 154 Å². The number of amides is 7. The fourth-order valence-electron chi connectivity index (χ4n) is 11.5. The van der Waals surface area contributed by atoms with E-state index in [1.807, 2.05) is 94.4 Å². The molecule has 7 amide bonds. The lowest BCUT2D eigenvalue weighted by atomic mass is 9.85. The highest BCUT2D eigenvalue weighted by molar-refractivity contribution is 7.70. The van der Waals surface area contributed by atoms with Crippen LogP contribution in [-0.4, -0.2) is 126 Å². The molecule has 9 rings (SSSR count). The van der Waals surface area contributed by atoms with E-state index >= 15 is 0 Å². The molecule has 2 aromatic heterocycles. The molecule has 5 heterocycles. The van der Waals surface area contributed by atoms with Gasteiger partial charge >= 0.3 is 7.60 Å². The Morgan fingerprint density at radius 2 is 1.60 bits per heavy atom. The van der Waals surface area contributed by atoms with Crippen LogP contribution in [0.3, 0.4) is 0 Å². The summed E-state index contributed by atoms with van der Waals surface area (Å²) in [7, 11) is -5.06. The number of unbranched alkanes of at least 4 members (excludes halogenated alkanes) is 1. The molecule has 1 fully saturated rings. The highest BCUT2D eigenvalue weighted by Gasteiger charge is 2.46. The van der Waals surface area contributed by atoms with E-state index in [0.29, 0.717) is 42.3 Å². The lowest BCUT2D eigenvalue weighted by Crippen LogP contribution is -2.57. The van der Waals surface area contributed by atoms with Crippen LogP contribution in [0.5, 0.6) is 0 Å². The first-order valence-electron chi connectivity index (χ1n) is 29.1. The van der Waals surface area contributed by atoms with Gasteiger partial charge in [-0.2, -0.15) is 0 Å². The van der Waals surface area contributed by atoms with Gasteiger partial charge in [0.15, 0.2) is 0 Å². The maximum Gasteiger partial charge on any atom is 0.396 e. The van der Waals surface area contributed by atoms with Crippen LogP contribution in [0.15, 0.2) is 96.5 Å². The van der Waals surface area contributed by atoms with Crippen molar-refractivity contribution >= 4 is 82.4 Å². The summed E-state index contributed by atoms with van der Waals surface area (Å²) in [6.07, 6.45) is 1.54. The number of aliphatic hydroxyl groups excluding tert-OH is 1. The number of aromatic amines is 1. The van der Waals surface area contributed by atoms with Gasteiger partial charge in [0, 0.05) is 55.2 Å². The van der Waals surface area contributed by atoms with Crippen LogP contribution in [-0.2, 0) is 70.5 Å². The average Bonchev–Trinajstić information content (AvgIpc) is 2.15. The van der Waals surface area contributed by atoms with Gasteiger partial charge in [-0.05, 0) is 115 Å². The zero-order valence-electron chi connectivity index (χ0n) is 49.2. The Kier molecular flexibility index (Phi) is 19.7. The van der Waals surface area contributed by atoms with Crippen molar-refractivity contribution in [2.24, 2.45) is 11.1 Å². The third kappa shape index (κ3) is 15.3. The minimum atomic E-state index is -5.06. The van der Waals surface area contributed by atoms with Crippen molar-refractivity contribution in [3.8, 4) is 10.4 Å². The molecule has 4 aromatic carbocycles. The van der Waals surface area contributed by atoms with Gasteiger partial charge in [0.25, 0.3) is 11.4 Å². The van der Waals surface area contributed by atoms with Gasteiger partial charge < -0.3 is 56.5 Å². The van der Waals surface area contributed by atoms with Gasteiger partial charge in [0.1, 0.15) is 29.9 Å². The molecule has 0 radical (unpaired) electrons. The number of carbonyl (C=O) groups is 8. The number of hydrogen-bond donors (Lipinski definition) is 9. The number of H-pyrrole nitrogens is 1. The average molecular weight is 1230 g/mol. The Hall–Kier alpha value is -7.92. The SMILES string of the molecule is Cc1ncsc1-c1ccc(CNC(=O)[C@@H]2C[C@@H](O)CN2C(=O)[C@@H](NC(=O)CCCCc2ccc(CO[C@H](C)[C@H](CCC(N)=O)NC(=O)[C@@H]3Cc4cccc5c4N3C(=O)[C@@H](NC(=O)c3cc4cc(C(=O)P(=O)(O)O)ccc4[nH]3)CC5)cc2)C(C)(C)C)cc1. The summed E-state index contributed by atoms with van der Waals surface area (Å²) in [6, 6.07) is 21.9. The largest absolute Gasteiger partial charge is 0.396 e. The number of aromatic nitrogens is 2. The number of primary amides is 1. The minimum absolute atomic E-state index is 0.0287. The molecule has 7 atom stereocenters. The Balaban J connectivity index is 0.750. The molecule has 3 aliphatic heterocycles. The van der Waals surface area contributed by atoms with Gasteiger partial charge in [-0.15, -0.1) is 11.3 Å². The second-order valence-electron chi connectivity index (χ2n) is 23.9. The van der Waals surface area contributed by atoms with Crippen molar-refractivity contribution < 1.29 is 62.6 Å². The van der Waals surface area contributed by atoms with Gasteiger partial charge in [-0.3, -0.25) is 47.8 Å². The van der Waals surface area contributed by atoms with Gasteiger partial charge in [-0.1, -0.05) is 87.5 Å². The number of para-hydroxylation sites is 1. The Labute approximate surface area is 507 Å². The highest BCUT2D eigenvalue weighted by atomic mass is 32.1. The number of fused-ring (bicyclic) bond motifs is 1. The summed E-state index contributed by atoms with van der Waals surface area (Å²) in [4.78, 5) is 138. The van der Waals surface area contributed by atoms with E-state index in [4.69, 9.17) is 10.5 Å². The number of likely N-dealkylation sites (tertiary alicyclic amines) is 1. The molecule has 3 aliphatic rings. The molecule has 0 bridgehead atoms. The van der Waals surface area contributed by atoms with Crippen LogP contribution < -0.4 is 31.9 Å². The summed E-state index contributed by atoms with van der Waals surface area (Å²) in [5, 5.41) is 22.8. The first kappa shape index (κ1) is 63.6. The predicted octanol–water partition coefficient (Wildman–Crippen LogP) is 5.80. The number of nitrogens with zero attached hydrogens (tertiary/aromatic N) is 3. The van der Waals surface area contributed by atoms with E-state index in [1.54, 1.807) is 23.8 Å². The lowest BCUT2D eigenvalue weighted by molar-refractivity contribution is -0.144. The number of nitrogens with two attached hydrogens (primary N) is 1. The molecule has 22 nitrogen and oxygen atoms in total. The van der Waals surface area contributed by atoms with E-state index < -0.39 is 90.5 Å². The molecular formula is C63H74N9O13PS. The normalized spacial score (nSPS) is 18.6. The number of ether oxygens (including phenoxy) is 1. The summed E-state index contributed by atoms with van der Waals surface area (Å²) in [6.45, 7) is 9.65. The molecule has 460 valence electrons. The number of rotatable bonds is 24. The molecule has 6 aromatic rings. The molecular weight excluding hydrogens is 1150 g/mol. The van der Waals surface area contributed by atoms with E-state index in [2.05, 4.69) is 31.2 Å². The summed E-state index contributed by atoms with van der Waals surface area (Å²) >= 11 is 1.56.